The number of nitrogens with two attached hydrogens (primary N) is 2. The quantitative estimate of drug-likeness (QED) is 0.793. The third kappa shape index (κ3) is 2.86. The van der Waals surface area contributed by atoms with Gasteiger partial charge in [-0.15, -0.1) is 12.4 Å². The van der Waals surface area contributed by atoms with Crippen molar-refractivity contribution in [3.63, 3.8) is 0 Å². The first-order valence-corrected chi connectivity index (χ1v) is 6.61. The molecule has 1 amide bonds. The van der Waals surface area contributed by atoms with Gasteiger partial charge in [0.05, 0.1) is 6.04 Å². The molecular weight excluding hydrogens is 290 g/mol. The first kappa shape index (κ1) is 15.3. The molecule has 21 heavy (non-hydrogen) atoms. The van der Waals surface area contributed by atoms with Gasteiger partial charge in [0.2, 0.25) is 0 Å². The summed E-state index contributed by atoms with van der Waals surface area (Å²) in [6, 6.07) is 5.75. The van der Waals surface area contributed by atoms with Gasteiger partial charge in [-0.05, 0) is 31.2 Å². The Kier molecular flexibility index (Phi) is 4.50. The van der Waals surface area contributed by atoms with E-state index in [4.69, 9.17) is 11.5 Å². The fourth-order valence-electron chi connectivity index (χ4n) is 2.53. The second kappa shape index (κ2) is 6.15. The van der Waals surface area contributed by atoms with Crippen LogP contribution in [0.2, 0.25) is 0 Å². The molecule has 0 spiro atoms. The average Bonchev–Trinajstić information content (AvgIpc) is 2.89. The maximum Gasteiger partial charge on any atom is 0.268 e. The van der Waals surface area contributed by atoms with Crippen LogP contribution in [0, 0.1) is 0 Å². The number of halogens is 1. The van der Waals surface area contributed by atoms with E-state index in [9.17, 15) is 4.79 Å². The van der Waals surface area contributed by atoms with E-state index in [-0.39, 0.29) is 24.4 Å². The molecule has 5 N–H and O–H groups in total. The van der Waals surface area contributed by atoms with Crippen molar-refractivity contribution < 1.29 is 4.79 Å². The van der Waals surface area contributed by atoms with Crippen molar-refractivity contribution >= 4 is 24.1 Å². The Hall–Kier alpha value is -2.05. The van der Waals surface area contributed by atoms with Crippen molar-refractivity contribution in [1.29, 1.82) is 0 Å². The molecule has 3 rings (SSSR count). The highest BCUT2D eigenvalue weighted by Crippen LogP contribution is 2.27. The minimum absolute atomic E-state index is 0. The lowest BCUT2D eigenvalue weighted by atomic mass is 10.1. The number of nitrogen functional groups attached to an aromatic ring is 1. The summed E-state index contributed by atoms with van der Waals surface area (Å²) in [5, 5.41) is 2.90. The van der Waals surface area contributed by atoms with Crippen LogP contribution in [-0.2, 0) is 0 Å². The number of aromatic nitrogens is 2. The Labute approximate surface area is 128 Å². The number of hydrogen-bond acceptors (Lipinski definition) is 4. The van der Waals surface area contributed by atoms with E-state index in [1.807, 2.05) is 22.9 Å². The second-order valence-electron chi connectivity index (χ2n) is 4.93. The van der Waals surface area contributed by atoms with E-state index in [1.165, 1.54) is 0 Å². The van der Waals surface area contributed by atoms with Crippen LogP contribution in [0.25, 0.3) is 11.1 Å². The Morgan fingerprint density at radius 1 is 1.38 bits per heavy atom. The molecule has 0 bridgehead atoms. The highest BCUT2D eigenvalue weighted by Gasteiger charge is 2.25. The van der Waals surface area contributed by atoms with Gasteiger partial charge in [-0.1, -0.05) is 0 Å². The lowest BCUT2D eigenvalue weighted by molar-refractivity contribution is 0.0913. The summed E-state index contributed by atoms with van der Waals surface area (Å²) in [5.74, 6) is 0.435. The van der Waals surface area contributed by atoms with E-state index in [2.05, 4.69) is 10.3 Å². The molecule has 2 aromatic heterocycles. The number of nitrogens with zero attached hydrogens (tertiary/aromatic N) is 2. The van der Waals surface area contributed by atoms with Gasteiger partial charge in [0.25, 0.3) is 5.91 Å². The number of amides is 1. The molecule has 0 unspecified atom stereocenters. The molecule has 0 saturated heterocycles. The predicted octanol–water partition coefficient (Wildman–Crippen LogP) is 1.19. The standard InChI is InChI=1S/C14H17N5O.ClH/c15-4-3-11-7-18-14(20)12-5-10(8-19(11)12)9-1-2-13(16)17-6-9;/h1-2,5-6,8,11H,3-4,7,15H2,(H2,16,17)(H,18,20);1H/t11-;/m0./s1. The summed E-state index contributed by atoms with van der Waals surface area (Å²) >= 11 is 0. The Morgan fingerprint density at radius 2 is 2.19 bits per heavy atom. The zero-order valence-electron chi connectivity index (χ0n) is 11.5. The normalized spacial score (nSPS) is 16.8. The number of carbonyl (C=O) groups excluding carboxylic acids is 1. The number of fused-ring (bicyclic) bond motifs is 1. The smallest absolute Gasteiger partial charge is 0.268 e. The molecule has 0 radical (unpaired) electrons. The minimum Gasteiger partial charge on any atom is -0.384 e. The molecule has 0 fully saturated rings. The molecule has 0 saturated carbocycles. The third-order valence-corrected chi connectivity index (χ3v) is 3.59. The van der Waals surface area contributed by atoms with Gasteiger partial charge in [-0.25, -0.2) is 4.98 Å². The molecule has 2 aromatic rings. The molecule has 0 aliphatic carbocycles. The SMILES string of the molecule is Cl.NCC[C@H]1CNC(=O)c2cc(-c3ccc(N)nc3)cn21. The van der Waals surface area contributed by atoms with Crippen LogP contribution in [0.4, 0.5) is 5.82 Å². The first-order valence-electron chi connectivity index (χ1n) is 6.61. The number of carbonyl (C=O) groups is 1. The van der Waals surface area contributed by atoms with E-state index in [0.29, 0.717) is 24.6 Å². The van der Waals surface area contributed by atoms with Gasteiger partial charge in [0.1, 0.15) is 11.5 Å². The molecule has 7 heteroatoms. The van der Waals surface area contributed by atoms with Crippen LogP contribution in [0.15, 0.2) is 30.6 Å². The zero-order chi connectivity index (χ0) is 14.1. The van der Waals surface area contributed by atoms with Crippen molar-refractivity contribution in [1.82, 2.24) is 14.9 Å². The number of nitrogens with one attached hydrogen (secondary N) is 1. The number of anilines is 1. The van der Waals surface area contributed by atoms with Crippen molar-refractivity contribution in [2.45, 2.75) is 12.5 Å². The Balaban J connectivity index is 0.00000161. The molecule has 1 atom stereocenters. The van der Waals surface area contributed by atoms with Gasteiger partial charge in [0.15, 0.2) is 0 Å². The average molecular weight is 308 g/mol. The molecule has 1 aliphatic heterocycles. The summed E-state index contributed by atoms with van der Waals surface area (Å²) in [6.07, 6.45) is 4.54. The largest absolute Gasteiger partial charge is 0.384 e. The monoisotopic (exact) mass is 307 g/mol. The van der Waals surface area contributed by atoms with Crippen LogP contribution in [-0.4, -0.2) is 28.5 Å². The summed E-state index contributed by atoms with van der Waals surface area (Å²) in [4.78, 5) is 16.0. The topological polar surface area (TPSA) is 99.0 Å². The molecule has 112 valence electrons. The van der Waals surface area contributed by atoms with Gasteiger partial charge < -0.3 is 21.4 Å². The van der Waals surface area contributed by atoms with E-state index < -0.39 is 0 Å². The third-order valence-electron chi connectivity index (χ3n) is 3.59. The zero-order valence-corrected chi connectivity index (χ0v) is 12.3. The van der Waals surface area contributed by atoms with Crippen molar-refractivity contribution in [2.75, 3.05) is 18.8 Å². The molecular formula is C14H18ClN5O. The van der Waals surface area contributed by atoms with Crippen molar-refractivity contribution in [3.8, 4) is 11.1 Å². The summed E-state index contributed by atoms with van der Waals surface area (Å²) in [5.41, 5.74) is 13.8. The highest BCUT2D eigenvalue weighted by atomic mass is 35.5. The van der Waals surface area contributed by atoms with Crippen LogP contribution >= 0.6 is 12.4 Å². The summed E-state index contributed by atoms with van der Waals surface area (Å²) in [7, 11) is 0. The van der Waals surface area contributed by atoms with Gasteiger partial charge in [0, 0.05) is 30.1 Å². The molecule has 0 aromatic carbocycles. The maximum absolute atomic E-state index is 11.9. The van der Waals surface area contributed by atoms with Crippen LogP contribution < -0.4 is 16.8 Å². The number of pyridine rings is 1. The van der Waals surface area contributed by atoms with E-state index >= 15 is 0 Å². The summed E-state index contributed by atoms with van der Waals surface area (Å²) in [6.45, 7) is 1.22. The Morgan fingerprint density at radius 3 is 2.86 bits per heavy atom. The van der Waals surface area contributed by atoms with Gasteiger partial charge in [-0.2, -0.15) is 0 Å². The minimum atomic E-state index is -0.0482. The fourth-order valence-corrected chi connectivity index (χ4v) is 2.53. The van der Waals surface area contributed by atoms with Gasteiger partial charge in [-0.3, -0.25) is 4.79 Å². The number of rotatable bonds is 3. The van der Waals surface area contributed by atoms with Gasteiger partial charge >= 0.3 is 0 Å². The lowest BCUT2D eigenvalue weighted by Crippen LogP contribution is -2.39. The molecule has 3 heterocycles. The van der Waals surface area contributed by atoms with Crippen molar-refractivity contribution in [3.05, 3.63) is 36.3 Å². The van der Waals surface area contributed by atoms with E-state index in [1.54, 1.807) is 12.3 Å². The van der Waals surface area contributed by atoms with Crippen LogP contribution in [0.1, 0.15) is 23.0 Å². The first-order chi connectivity index (χ1) is 9.69. The van der Waals surface area contributed by atoms with E-state index in [0.717, 1.165) is 17.5 Å². The highest BCUT2D eigenvalue weighted by molar-refractivity contribution is 5.95. The fraction of sp³-hybridized carbons (Fsp3) is 0.286. The van der Waals surface area contributed by atoms with Crippen LogP contribution in [0.3, 0.4) is 0 Å². The van der Waals surface area contributed by atoms with Crippen molar-refractivity contribution in [2.24, 2.45) is 5.73 Å². The van der Waals surface area contributed by atoms with Crippen LogP contribution in [0.5, 0.6) is 0 Å². The predicted molar refractivity (Wildman–Crippen MR) is 84.4 cm³/mol. The molecule has 1 aliphatic rings. The summed E-state index contributed by atoms with van der Waals surface area (Å²) < 4.78 is 2.01. The lowest BCUT2D eigenvalue weighted by Gasteiger charge is -2.25. The molecule has 6 nitrogen and oxygen atoms in total. The number of hydrogen-bond donors (Lipinski definition) is 3. The Bertz CT molecular complexity index is 637. The second-order valence-corrected chi connectivity index (χ2v) is 4.93. The maximum atomic E-state index is 11.9.